The molecule has 2 rings (SSSR count). The largest absolute Gasteiger partial charge is 0.368 e. The van der Waals surface area contributed by atoms with Crippen molar-refractivity contribution in [3.8, 4) is 0 Å². The molecule has 4 heteroatoms. The molecule has 2 unspecified atom stereocenters. The number of rotatable bonds is 5. The second-order valence-electron chi connectivity index (χ2n) is 5.50. The Hall–Kier alpha value is -0.610. The van der Waals surface area contributed by atoms with Crippen molar-refractivity contribution in [2.24, 2.45) is 11.7 Å². The lowest BCUT2D eigenvalue weighted by atomic mass is 10.0. The van der Waals surface area contributed by atoms with Gasteiger partial charge in [0.2, 0.25) is 5.91 Å². The van der Waals surface area contributed by atoms with Crippen LogP contribution in [0.3, 0.4) is 0 Å². The van der Waals surface area contributed by atoms with E-state index in [1.54, 1.807) is 0 Å². The molecule has 4 nitrogen and oxygen atoms in total. The Morgan fingerprint density at radius 3 is 2.56 bits per heavy atom. The van der Waals surface area contributed by atoms with Gasteiger partial charge in [0, 0.05) is 25.2 Å². The minimum Gasteiger partial charge on any atom is -0.368 e. The molecule has 0 spiro atoms. The average Bonchev–Trinajstić information content (AvgIpc) is 2.94. The van der Waals surface area contributed by atoms with E-state index in [1.807, 2.05) is 13.8 Å². The molecule has 1 amide bonds. The number of nitrogens with zero attached hydrogens (tertiary/aromatic N) is 1. The van der Waals surface area contributed by atoms with E-state index >= 15 is 0 Å². The first kappa shape index (κ1) is 11.9. The third kappa shape index (κ3) is 2.74. The summed E-state index contributed by atoms with van der Waals surface area (Å²) < 4.78 is 0. The van der Waals surface area contributed by atoms with Gasteiger partial charge in [-0.1, -0.05) is 13.8 Å². The van der Waals surface area contributed by atoms with Crippen molar-refractivity contribution < 1.29 is 4.79 Å². The lowest BCUT2D eigenvalue weighted by molar-refractivity contribution is -0.121. The monoisotopic (exact) mass is 225 g/mol. The molecule has 0 aromatic rings. The van der Waals surface area contributed by atoms with Crippen LogP contribution in [0.25, 0.3) is 0 Å². The molecule has 1 aliphatic carbocycles. The van der Waals surface area contributed by atoms with Gasteiger partial charge in [0.1, 0.15) is 0 Å². The molecule has 0 bridgehead atoms. The van der Waals surface area contributed by atoms with E-state index < -0.39 is 0 Å². The van der Waals surface area contributed by atoms with Crippen LogP contribution in [0.2, 0.25) is 0 Å². The van der Waals surface area contributed by atoms with Gasteiger partial charge in [0.15, 0.2) is 0 Å². The molecule has 1 heterocycles. The van der Waals surface area contributed by atoms with Gasteiger partial charge in [-0.3, -0.25) is 9.69 Å². The van der Waals surface area contributed by atoms with Gasteiger partial charge in [0.25, 0.3) is 0 Å². The number of primary amides is 1. The van der Waals surface area contributed by atoms with Gasteiger partial charge in [-0.15, -0.1) is 0 Å². The number of hydrogen-bond donors (Lipinski definition) is 2. The molecular weight excluding hydrogens is 202 g/mol. The molecule has 1 saturated carbocycles. The van der Waals surface area contributed by atoms with Gasteiger partial charge in [-0.05, 0) is 25.2 Å². The average molecular weight is 225 g/mol. The van der Waals surface area contributed by atoms with Gasteiger partial charge >= 0.3 is 0 Å². The maximum absolute atomic E-state index is 11.3. The third-order valence-corrected chi connectivity index (χ3v) is 3.67. The maximum Gasteiger partial charge on any atom is 0.234 e. The molecule has 0 aromatic heterocycles. The number of nitrogens with two attached hydrogens (primary N) is 1. The van der Waals surface area contributed by atoms with Crippen LogP contribution < -0.4 is 11.1 Å². The van der Waals surface area contributed by atoms with E-state index in [-0.39, 0.29) is 17.9 Å². The lowest BCUT2D eigenvalue weighted by Gasteiger charge is -2.23. The highest BCUT2D eigenvalue weighted by molar-refractivity contribution is 5.80. The van der Waals surface area contributed by atoms with Crippen LogP contribution in [0, 0.1) is 5.92 Å². The quantitative estimate of drug-likeness (QED) is 0.708. The summed E-state index contributed by atoms with van der Waals surface area (Å²) in [5.74, 6) is 0.0485. The van der Waals surface area contributed by atoms with Gasteiger partial charge < -0.3 is 11.1 Å². The summed E-state index contributed by atoms with van der Waals surface area (Å²) in [6, 6.07) is 1.10. The van der Waals surface area contributed by atoms with Gasteiger partial charge in [-0.25, -0.2) is 0 Å². The molecule has 1 saturated heterocycles. The fourth-order valence-corrected chi connectivity index (χ4v) is 2.55. The number of likely N-dealkylation sites (tertiary alicyclic amines) is 1. The van der Waals surface area contributed by atoms with E-state index in [4.69, 9.17) is 5.73 Å². The normalized spacial score (nSPS) is 28.6. The standard InChI is InChI=1S/C12H23N3O/c1-8(2)11(12(13)16)14-9-5-6-15(7-9)10-3-4-10/h8-11,14H,3-7H2,1-2H3,(H2,13,16). The van der Waals surface area contributed by atoms with Crippen LogP contribution in [-0.4, -0.2) is 42.0 Å². The second kappa shape index (κ2) is 4.72. The first-order valence-corrected chi connectivity index (χ1v) is 6.37. The Balaban J connectivity index is 1.82. The Morgan fingerprint density at radius 1 is 1.38 bits per heavy atom. The fourth-order valence-electron chi connectivity index (χ4n) is 2.55. The molecule has 16 heavy (non-hydrogen) atoms. The van der Waals surface area contributed by atoms with Gasteiger partial charge in [-0.2, -0.15) is 0 Å². The summed E-state index contributed by atoms with van der Waals surface area (Å²) >= 11 is 0. The first-order chi connectivity index (χ1) is 7.58. The van der Waals surface area contributed by atoms with E-state index in [0.717, 1.165) is 19.0 Å². The Kier molecular flexibility index (Phi) is 3.50. The van der Waals surface area contributed by atoms with E-state index in [9.17, 15) is 4.79 Å². The zero-order chi connectivity index (χ0) is 11.7. The molecule has 2 fully saturated rings. The van der Waals surface area contributed by atoms with Crippen LogP contribution >= 0.6 is 0 Å². The molecule has 2 aliphatic rings. The van der Waals surface area contributed by atoms with Gasteiger partial charge in [0.05, 0.1) is 6.04 Å². The Morgan fingerprint density at radius 2 is 2.06 bits per heavy atom. The predicted octanol–water partition coefficient (Wildman–Crippen LogP) is 0.323. The van der Waals surface area contributed by atoms with Crippen molar-refractivity contribution in [2.45, 2.75) is 51.2 Å². The first-order valence-electron chi connectivity index (χ1n) is 6.37. The minimum absolute atomic E-state index is 0.177. The number of amides is 1. The molecule has 92 valence electrons. The Labute approximate surface area is 97.6 Å². The zero-order valence-corrected chi connectivity index (χ0v) is 10.3. The van der Waals surface area contributed by atoms with Crippen LogP contribution in [0.1, 0.15) is 33.1 Å². The highest BCUT2D eigenvalue weighted by Gasteiger charge is 2.35. The zero-order valence-electron chi connectivity index (χ0n) is 10.3. The summed E-state index contributed by atoms with van der Waals surface area (Å²) in [6.07, 6.45) is 3.86. The highest BCUT2D eigenvalue weighted by atomic mass is 16.1. The number of carbonyl (C=O) groups is 1. The van der Waals surface area contributed by atoms with Crippen molar-refractivity contribution in [3.05, 3.63) is 0 Å². The van der Waals surface area contributed by atoms with Crippen molar-refractivity contribution >= 4 is 5.91 Å². The minimum atomic E-state index is -0.222. The van der Waals surface area contributed by atoms with E-state index in [1.165, 1.54) is 19.4 Å². The van der Waals surface area contributed by atoms with Crippen LogP contribution in [-0.2, 0) is 4.79 Å². The second-order valence-corrected chi connectivity index (χ2v) is 5.50. The summed E-state index contributed by atoms with van der Waals surface area (Å²) in [5, 5.41) is 3.41. The van der Waals surface area contributed by atoms with Crippen molar-refractivity contribution in [2.75, 3.05) is 13.1 Å². The van der Waals surface area contributed by atoms with Crippen molar-refractivity contribution in [1.29, 1.82) is 0 Å². The lowest BCUT2D eigenvalue weighted by Crippen LogP contribution is -2.50. The summed E-state index contributed by atoms with van der Waals surface area (Å²) in [4.78, 5) is 13.8. The molecular formula is C12H23N3O. The number of carbonyl (C=O) groups excluding carboxylic acids is 1. The molecule has 1 aliphatic heterocycles. The van der Waals surface area contributed by atoms with Crippen molar-refractivity contribution in [1.82, 2.24) is 10.2 Å². The Bertz CT molecular complexity index is 263. The summed E-state index contributed by atoms with van der Waals surface area (Å²) in [6.45, 7) is 6.33. The molecule has 0 radical (unpaired) electrons. The summed E-state index contributed by atoms with van der Waals surface area (Å²) in [7, 11) is 0. The topological polar surface area (TPSA) is 58.4 Å². The third-order valence-electron chi connectivity index (χ3n) is 3.67. The highest BCUT2D eigenvalue weighted by Crippen LogP contribution is 2.29. The maximum atomic E-state index is 11.3. The van der Waals surface area contributed by atoms with E-state index in [0.29, 0.717) is 6.04 Å². The number of nitrogens with one attached hydrogen (secondary N) is 1. The molecule has 0 aromatic carbocycles. The van der Waals surface area contributed by atoms with Crippen LogP contribution in [0.5, 0.6) is 0 Å². The number of hydrogen-bond acceptors (Lipinski definition) is 3. The smallest absolute Gasteiger partial charge is 0.234 e. The van der Waals surface area contributed by atoms with Crippen molar-refractivity contribution in [3.63, 3.8) is 0 Å². The molecule has 3 N–H and O–H groups in total. The SMILES string of the molecule is CC(C)C(NC1CCN(C2CC2)C1)C(N)=O. The summed E-state index contributed by atoms with van der Waals surface area (Å²) in [5.41, 5.74) is 5.41. The van der Waals surface area contributed by atoms with Crippen LogP contribution in [0.4, 0.5) is 0 Å². The van der Waals surface area contributed by atoms with Crippen LogP contribution in [0.15, 0.2) is 0 Å². The fraction of sp³-hybridized carbons (Fsp3) is 0.917. The van der Waals surface area contributed by atoms with E-state index in [2.05, 4.69) is 10.2 Å². The molecule has 2 atom stereocenters. The predicted molar refractivity (Wildman–Crippen MR) is 64.0 cm³/mol.